The first-order valence-electron chi connectivity index (χ1n) is 4.89. The molecule has 0 aliphatic heterocycles. The molecule has 0 fully saturated rings. The van der Waals surface area contributed by atoms with Crippen LogP contribution in [0.2, 0.25) is 0 Å². The molecule has 1 aromatic carbocycles. The van der Waals surface area contributed by atoms with Gasteiger partial charge in [-0.3, -0.25) is 0 Å². The van der Waals surface area contributed by atoms with Crippen LogP contribution in [-0.2, 0) is 0 Å². The van der Waals surface area contributed by atoms with E-state index >= 15 is 0 Å². The molecule has 92 valence electrons. The average Bonchev–Trinajstić information content (AvgIpc) is 2.34. The van der Waals surface area contributed by atoms with E-state index in [-0.39, 0.29) is 11.3 Å². The number of carboxylic acids is 1. The molecule has 1 heterocycles. The summed E-state index contributed by atoms with van der Waals surface area (Å²) in [6.45, 7) is 0. The number of pyridine rings is 1. The Labute approximate surface area is 125 Å². The summed E-state index contributed by atoms with van der Waals surface area (Å²) in [5, 5.41) is 9.12. The predicted octanol–water partition coefficient (Wildman–Crippen LogP) is 3.94. The van der Waals surface area contributed by atoms with Gasteiger partial charge >= 0.3 is 5.97 Å². The Balaban J connectivity index is 2.41. The van der Waals surface area contributed by atoms with Gasteiger partial charge in [-0.05, 0) is 68.9 Å². The summed E-state index contributed by atoms with van der Waals surface area (Å²) in [5.74, 6) is -0.431. The summed E-state index contributed by atoms with van der Waals surface area (Å²) < 4.78 is 7.01. The van der Waals surface area contributed by atoms with Gasteiger partial charge in [0.25, 0.3) is 0 Å². The quantitative estimate of drug-likeness (QED) is 0.765. The van der Waals surface area contributed by atoms with Gasteiger partial charge in [0.05, 0.1) is 4.47 Å². The van der Waals surface area contributed by atoms with Gasteiger partial charge in [0.1, 0.15) is 11.3 Å². The van der Waals surface area contributed by atoms with Crippen LogP contribution in [0.15, 0.2) is 41.0 Å². The standard InChI is InChI=1S/C12H7BrINO3/c13-9-2-1-5-15-11(9)18-10-4-3-7(14)6-8(10)12(16)17/h1-6H,(H,16,17). The first kappa shape index (κ1) is 13.3. The minimum atomic E-state index is -1.03. The van der Waals surface area contributed by atoms with Gasteiger partial charge in [-0.15, -0.1) is 0 Å². The largest absolute Gasteiger partial charge is 0.478 e. The third-order valence-electron chi connectivity index (χ3n) is 2.10. The van der Waals surface area contributed by atoms with Gasteiger partial charge in [0.15, 0.2) is 0 Å². The molecule has 0 saturated carbocycles. The Morgan fingerprint density at radius 1 is 1.39 bits per heavy atom. The van der Waals surface area contributed by atoms with E-state index in [2.05, 4.69) is 20.9 Å². The topological polar surface area (TPSA) is 59.4 Å². The molecule has 4 nitrogen and oxygen atoms in total. The van der Waals surface area contributed by atoms with Crippen molar-refractivity contribution in [2.24, 2.45) is 0 Å². The highest BCUT2D eigenvalue weighted by atomic mass is 127. The lowest BCUT2D eigenvalue weighted by molar-refractivity contribution is 0.0694. The first-order chi connectivity index (χ1) is 8.58. The maximum atomic E-state index is 11.1. The highest BCUT2D eigenvalue weighted by Crippen LogP contribution is 2.30. The minimum Gasteiger partial charge on any atom is -0.478 e. The Morgan fingerprint density at radius 2 is 2.17 bits per heavy atom. The molecule has 1 aromatic heterocycles. The van der Waals surface area contributed by atoms with Crippen LogP contribution in [0.3, 0.4) is 0 Å². The molecule has 0 aliphatic carbocycles. The molecule has 0 bridgehead atoms. The molecule has 6 heteroatoms. The van der Waals surface area contributed by atoms with Gasteiger partial charge < -0.3 is 9.84 Å². The number of aromatic carboxylic acids is 1. The molecule has 0 aliphatic rings. The summed E-state index contributed by atoms with van der Waals surface area (Å²) in [7, 11) is 0. The van der Waals surface area contributed by atoms with Gasteiger partial charge in [0.2, 0.25) is 5.88 Å². The lowest BCUT2D eigenvalue weighted by atomic mass is 10.2. The molecular weight excluding hydrogens is 413 g/mol. The summed E-state index contributed by atoms with van der Waals surface area (Å²) in [4.78, 5) is 15.2. The Hall–Kier alpha value is -1.15. The van der Waals surface area contributed by atoms with E-state index in [1.54, 1.807) is 36.5 Å². The Bertz CT molecular complexity index is 604. The lowest BCUT2D eigenvalue weighted by Gasteiger charge is -2.09. The van der Waals surface area contributed by atoms with Crippen LogP contribution in [-0.4, -0.2) is 16.1 Å². The molecule has 2 rings (SSSR count). The lowest BCUT2D eigenvalue weighted by Crippen LogP contribution is -2.01. The van der Waals surface area contributed by atoms with E-state index in [0.717, 1.165) is 3.57 Å². The van der Waals surface area contributed by atoms with Crippen LogP contribution in [0.4, 0.5) is 0 Å². The SMILES string of the molecule is O=C(O)c1cc(I)ccc1Oc1ncccc1Br. The third kappa shape index (κ3) is 2.99. The van der Waals surface area contributed by atoms with Crippen molar-refractivity contribution in [1.82, 2.24) is 4.98 Å². The predicted molar refractivity (Wildman–Crippen MR) is 78.1 cm³/mol. The second kappa shape index (κ2) is 5.66. The van der Waals surface area contributed by atoms with Crippen molar-refractivity contribution in [3.05, 3.63) is 50.1 Å². The smallest absolute Gasteiger partial charge is 0.339 e. The number of ether oxygens (including phenoxy) is 1. The maximum absolute atomic E-state index is 11.1. The first-order valence-corrected chi connectivity index (χ1v) is 6.76. The van der Waals surface area contributed by atoms with E-state index in [9.17, 15) is 4.79 Å². The van der Waals surface area contributed by atoms with Gasteiger partial charge in [0, 0.05) is 9.77 Å². The van der Waals surface area contributed by atoms with Crippen molar-refractivity contribution in [2.75, 3.05) is 0 Å². The number of carboxylic acid groups (broad SMARTS) is 1. The zero-order valence-electron chi connectivity index (χ0n) is 8.93. The molecule has 0 amide bonds. The van der Waals surface area contributed by atoms with Crippen LogP contribution < -0.4 is 4.74 Å². The number of aromatic nitrogens is 1. The number of rotatable bonds is 3. The molecule has 1 N–H and O–H groups in total. The second-order valence-corrected chi connectivity index (χ2v) is 5.44. The summed E-state index contributed by atoms with van der Waals surface area (Å²) in [6.07, 6.45) is 1.58. The van der Waals surface area contributed by atoms with E-state index < -0.39 is 5.97 Å². The number of hydrogen-bond acceptors (Lipinski definition) is 3. The zero-order valence-corrected chi connectivity index (χ0v) is 12.7. The van der Waals surface area contributed by atoms with E-state index in [4.69, 9.17) is 9.84 Å². The molecular formula is C12H7BrINO3. The number of carbonyl (C=O) groups is 1. The molecule has 0 spiro atoms. The number of hydrogen-bond donors (Lipinski definition) is 1. The third-order valence-corrected chi connectivity index (χ3v) is 3.38. The fourth-order valence-electron chi connectivity index (χ4n) is 1.31. The van der Waals surface area contributed by atoms with E-state index in [1.165, 1.54) is 0 Å². The van der Waals surface area contributed by atoms with Crippen molar-refractivity contribution in [1.29, 1.82) is 0 Å². The number of benzene rings is 1. The van der Waals surface area contributed by atoms with Gasteiger partial charge in [-0.2, -0.15) is 0 Å². The molecule has 0 saturated heterocycles. The highest BCUT2D eigenvalue weighted by molar-refractivity contribution is 14.1. The van der Waals surface area contributed by atoms with Crippen LogP contribution in [0.1, 0.15) is 10.4 Å². The van der Waals surface area contributed by atoms with Crippen LogP contribution in [0.5, 0.6) is 11.6 Å². The van der Waals surface area contributed by atoms with Crippen molar-refractivity contribution < 1.29 is 14.6 Å². The van der Waals surface area contributed by atoms with Crippen molar-refractivity contribution in [3.8, 4) is 11.6 Å². The van der Waals surface area contributed by atoms with Crippen LogP contribution in [0, 0.1) is 3.57 Å². The normalized spacial score (nSPS) is 10.1. The fourth-order valence-corrected chi connectivity index (χ4v) is 2.14. The van der Waals surface area contributed by atoms with E-state index in [1.807, 2.05) is 22.6 Å². The molecule has 18 heavy (non-hydrogen) atoms. The summed E-state index contributed by atoms with van der Waals surface area (Å²) in [6, 6.07) is 8.47. The van der Waals surface area contributed by atoms with Crippen molar-refractivity contribution in [3.63, 3.8) is 0 Å². The second-order valence-electron chi connectivity index (χ2n) is 3.34. The van der Waals surface area contributed by atoms with Gasteiger partial charge in [-0.25, -0.2) is 9.78 Å². The Kier molecular flexibility index (Phi) is 4.18. The van der Waals surface area contributed by atoms with Crippen molar-refractivity contribution >= 4 is 44.5 Å². The molecule has 2 aromatic rings. The molecule has 0 unspecified atom stereocenters. The van der Waals surface area contributed by atoms with Gasteiger partial charge in [-0.1, -0.05) is 0 Å². The monoisotopic (exact) mass is 419 g/mol. The van der Waals surface area contributed by atoms with Crippen molar-refractivity contribution in [2.45, 2.75) is 0 Å². The number of nitrogens with zero attached hydrogens (tertiary/aromatic N) is 1. The zero-order chi connectivity index (χ0) is 13.1. The van der Waals surface area contributed by atoms with Crippen LogP contribution in [0.25, 0.3) is 0 Å². The highest BCUT2D eigenvalue weighted by Gasteiger charge is 2.14. The average molecular weight is 420 g/mol. The van der Waals surface area contributed by atoms with Crippen LogP contribution >= 0.6 is 38.5 Å². The minimum absolute atomic E-state index is 0.111. The summed E-state index contributed by atoms with van der Waals surface area (Å²) in [5.41, 5.74) is 0.111. The maximum Gasteiger partial charge on any atom is 0.339 e. The molecule has 0 atom stereocenters. The Morgan fingerprint density at radius 3 is 2.83 bits per heavy atom. The summed E-state index contributed by atoms with van der Waals surface area (Å²) >= 11 is 5.34. The van der Waals surface area contributed by atoms with E-state index in [0.29, 0.717) is 10.4 Å². The molecule has 0 radical (unpaired) electrons. The number of halogens is 2. The fraction of sp³-hybridized carbons (Fsp3) is 0.